The number of hydrogen-bond acceptors (Lipinski definition) is 2. The first-order valence-corrected chi connectivity index (χ1v) is 7.39. The number of aryl methyl sites for hydroxylation is 1. The molecule has 0 fully saturated rings. The maximum atomic E-state index is 12.0. The summed E-state index contributed by atoms with van der Waals surface area (Å²) < 4.78 is 1.46. The molecule has 1 heterocycles. The van der Waals surface area contributed by atoms with Crippen LogP contribution in [0.4, 0.5) is 0 Å². The van der Waals surface area contributed by atoms with Crippen LogP contribution in [0.3, 0.4) is 0 Å². The molecule has 0 aliphatic rings. The van der Waals surface area contributed by atoms with Gasteiger partial charge in [-0.25, -0.2) is 4.68 Å². The number of nitrogens with zero attached hydrogens (tertiary/aromatic N) is 2. The molecule has 0 bridgehead atoms. The molecule has 0 radical (unpaired) electrons. The third-order valence-corrected chi connectivity index (χ3v) is 3.67. The fourth-order valence-corrected chi connectivity index (χ4v) is 2.46. The van der Waals surface area contributed by atoms with E-state index in [2.05, 4.69) is 5.10 Å². The van der Waals surface area contributed by atoms with Crippen molar-refractivity contribution in [2.24, 2.45) is 0 Å². The fraction of sp³-hybridized carbons (Fsp3) is 0.111. The number of hydrogen-bond donors (Lipinski definition) is 0. The highest BCUT2D eigenvalue weighted by Gasteiger charge is 2.04. The molecule has 0 saturated carbocycles. The van der Waals surface area contributed by atoms with E-state index in [0.29, 0.717) is 11.6 Å². The van der Waals surface area contributed by atoms with Crippen LogP contribution >= 0.6 is 11.6 Å². The van der Waals surface area contributed by atoms with E-state index in [9.17, 15) is 4.79 Å². The third-order valence-electron chi connectivity index (χ3n) is 3.44. The van der Waals surface area contributed by atoms with E-state index in [1.54, 1.807) is 12.1 Å². The zero-order valence-electron chi connectivity index (χ0n) is 12.2. The molecule has 2 aromatic carbocycles. The summed E-state index contributed by atoms with van der Waals surface area (Å²) in [4.78, 5) is 12.0. The molecule has 0 spiro atoms. The summed E-state index contributed by atoms with van der Waals surface area (Å²) in [6.07, 6.45) is 0. The lowest BCUT2D eigenvalue weighted by molar-refractivity contribution is 0.643. The van der Waals surface area contributed by atoms with Crippen LogP contribution in [0.15, 0.2) is 65.5 Å². The topological polar surface area (TPSA) is 34.9 Å². The van der Waals surface area contributed by atoms with Gasteiger partial charge in [0.1, 0.15) is 0 Å². The molecular formula is C18H15ClN2O. The SMILES string of the molecule is Cc1ccc(-c2ccc(=O)n(Cc3cccc(Cl)c3)n2)cc1. The predicted molar refractivity (Wildman–Crippen MR) is 89.2 cm³/mol. The Morgan fingerprint density at radius 2 is 1.82 bits per heavy atom. The molecule has 1 aromatic heterocycles. The maximum absolute atomic E-state index is 12.0. The second-order valence-corrected chi connectivity index (χ2v) is 5.65. The number of benzene rings is 2. The molecule has 0 N–H and O–H groups in total. The summed E-state index contributed by atoms with van der Waals surface area (Å²) in [5.41, 5.74) is 3.78. The van der Waals surface area contributed by atoms with Crippen molar-refractivity contribution >= 4 is 11.6 Å². The highest BCUT2D eigenvalue weighted by atomic mass is 35.5. The molecular weight excluding hydrogens is 296 g/mol. The van der Waals surface area contributed by atoms with Crippen molar-refractivity contribution in [1.29, 1.82) is 0 Å². The van der Waals surface area contributed by atoms with Gasteiger partial charge in [-0.05, 0) is 30.7 Å². The lowest BCUT2D eigenvalue weighted by Gasteiger charge is -2.08. The van der Waals surface area contributed by atoms with Gasteiger partial charge in [0.15, 0.2) is 0 Å². The van der Waals surface area contributed by atoms with Crippen LogP contribution in [0.5, 0.6) is 0 Å². The summed E-state index contributed by atoms with van der Waals surface area (Å²) in [5, 5.41) is 5.11. The summed E-state index contributed by atoms with van der Waals surface area (Å²) >= 11 is 5.99. The zero-order chi connectivity index (χ0) is 15.5. The quantitative estimate of drug-likeness (QED) is 0.735. The van der Waals surface area contributed by atoms with Gasteiger partial charge in [0.05, 0.1) is 12.2 Å². The first-order valence-electron chi connectivity index (χ1n) is 7.01. The van der Waals surface area contributed by atoms with E-state index in [4.69, 9.17) is 11.6 Å². The molecule has 22 heavy (non-hydrogen) atoms. The first kappa shape index (κ1) is 14.5. The van der Waals surface area contributed by atoms with Crippen LogP contribution in [0, 0.1) is 6.92 Å². The van der Waals surface area contributed by atoms with Crippen LogP contribution in [-0.4, -0.2) is 9.78 Å². The molecule has 110 valence electrons. The average Bonchev–Trinajstić information content (AvgIpc) is 2.50. The normalized spacial score (nSPS) is 10.6. The Kier molecular flexibility index (Phi) is 4.07. The van der Waals surface area contributed by atoms with Crippen LogP contribution in [0.1, 0.15) is 11.1 Å². The highest BCUT2D eigenvalue weighted by molar-refractivity contribution is 6.30. The van der Waals surface area contributed by atoms with Gasteiger partial charge in [0.2, 0.25) is 0 Å². The summed E-state index contributed by atoms with van der Waals surface area (Å²) in [5.74, 6) is 0. The Morgan fingerprint density at radius 1 is 1.05 bits per heavy atom. The molecule has 0 atom stereocenters. The van der Waals surface area contributed by atoms with Crippen LogP contribution in [0.25, 0.3) is 11.3 Å². The van der Waals surface area contributed by atoms with Gasteiger partial charge in [-0.3, -0.25) is 4.79 Å². The number of aromatic nitrogens is 2. The molecule has 0 aliphatic heterocycles. The van der Waals surface area contributed by atoms with Gasteiger partial charge in [-0.15, -0.1) is 0 Å². The molecule has 3 nitrogen and oxygen atoms in total. The first-order chi connectivity index (χ1) is 10.6. The lowest BCUT2D eigenvalue weighted by atomic mass is 10.1. The standard InChI is InChI=1S/C18H15ClN2O/c1-13-5-7-15(8-6-13)17-9-10-18(22)21(20-17)12-14-3-2-4-16(19)11-14/h2-11H,12H2,1H3. The Bertz CT molecular complexity index is 853. The van der Waals surface area contributed by atoms with E-state index in [1.165, 1.54) is 10.2 Å². The summed E-state index contributed by atoms with van der Waals surface area (Å²) in [7, 11) is 0. The Morgan fingerprint density at radius 3 is 2.55 bits per heavy atom. The van der Waals surface area contributed by atoms with Gasteiger partial charge < -0.3 is 0 Å². The molecule has 4 heteroatoms. The van der Waals surface area contributed by atoms with Gasteiger partial charge in [-0.1, -0.05) is 53.6 Å². The van der Waals surface area contributed by atoms with Crippen molar-refractivity contribution in [3.63, 3.8) is 0 Å². The molecule has 0 unspecified atom stereocenters. The maximum Gasteiger partial charge on any atom is 0.267 e. The number of halogens is 1. The Labute approximate surface area is 133 Å². The van der Waals surface area contributed by atoms with E-state index < -0.39 is 0 Å². The monoisotopic (exact) mass is 310 g/mol. The van der Waals surface area contributed by atoms with Crippen LogP contribution in [-0.2, 0) is 6.54 Å². The average molecular weight is 311 g/mol. The zero-order valence-corrected chi connectivity index (χ0v) is 12.9. The second-order valence-electron chi connectivity index (χ2n) is 5.21. The second kappa shape index (κ2) is 6.16. The largest absolute Gasteiger partial charge is 0.268 e. The van der Waals surface area contributed by atoms with Gasteiger partial charge in [0, 0.05) is 16.7 Å². The minimum absolute atomic E-state index is 0.129. The Hall–Kier alpha value is -2.39. The van der Waals surface area contributed by atoms with Crippen molar-refractivity contribution in [2.45, 2.75) is 13.5 Å². The van der Waals surface area contributed by atoms with Crippen molar-refractivity contribution in [3.8, 4) is 11.3 Å². The molecule has 0 amide bonds. The van der Waals surface area contributed by atoms with Gasteiger partial charge in [0.25, 0.3) is 5.56 Å². The van der Waals surface area contributed by atoms with Crippen molar-refractivity contribution < 1.29 is 0 Å². The molecule has 3 rings (SSSR count). The summed E-state index contributed by atoms with van der Waals surface area (Å²) in [6, 6.07) is 18.8. The van der Waals surface area contributed by atoms with E-state index >= 15 is 0 Å². The van der Waals surface area contributed by atoms with Crippen molar-refractivity contribution in [3.05, 3.63) is 87.2 Å². The highest BCUT2D eigenvalue weighted by Crippen LogP contribution is 2.16. The van der Waals surface area contributed by atoms with Crippen molar-refractivity contribution in [1.82, 2.24) is 9.78 Å². The smallest absolute Gasteiger partial charge is 0.267 e. The number of rotatable bonds is 3. The third kappa shape index (κ3) is 3.26. The van der Waals surface area contributed by atoms with Crippen molar-refractivity contribution in [2.75, 3.05) is 0 Å². The molecule has 0 saturated heterocycles. The van der Waals surface area contributed by atoms with E-state index in [1.807, 2.05) is 55.5 Å². The lowest BCUT2D eigenvalue weighted by Crippen LogP contribution is -2.22. The Balaban J connectivity index is 1.96. The molecule has 3 aromatic rings. The predicted octanol–water partition coefficient (Wildman–Crippen LogP) is 3.92. The van der Waals surface area contributed by atoms with Gasteiger partial charge >= 0.3 is 0 Å². The fourth-order valence-electron chi connectivity index (χ4n) is 2.25. The molecule has 0 aliphatic carbocycles. The van der Waals surface area contributed by atoms with E-state index in [-0.39, 0.29) is 5.56 Å². The summed E-state index contributed by atoms with van der Waals surface area (Å²) in [6.45, 7) is 2.44. The van der Waals surface area contributed by atoms with Crippen LogP contribution < -0.4 is 5.56 Å². The minimum Gasteiger partial charge on any atom is -0.268 e. The minimum atomic E-state index is -0.129. The van der Waals surface area contributed by atoms with Crippen LogP contribution in [0.2, 0.25) is 5.02 Å². The van der Waals surface area contributed by atoms with E-state index in [0.717, 1.165) is 16.8 Å². The van der Waals surface area contributed by atoms with Gasteiger partial charge in [-0.2, -0.15) is 5.10 Å².